The molecule has 0 aliphatic carbocycles. The summed E-state index contributed by atoms with van der Waals surface area (Å²) in [6.45, 7) is 5.18. The Hall–Kier alpha value is -3.48. The molecule has 0 saturated heterocycles. The number of benzene rings is 2. The maximum atomic E-state index is 13.3. The van der Waals surface area contributed by atoms with Gasteiger partial charge in [0.1, 0.15) is 18.1 Å². The highest BCUT2D eigenvalue weighted by atomic mass is 19.1. The number of amides is 1. The van der Waals surface area contributed by atoms with E-state index in [0.717, 1.165) is 11.1 Å². The summed E-state index contributed by atoms with van der Waals surface area (Å²) >= 11 is 0. The molecule has 0 fully saturated rings. The van der Waals surface area contributed by atoms with Crippen LogP contribution in [-0.2, 0) is 9.53 Å². The van der Waals surface area contributed by atoms with Crippen LogP contribution in [0.15, 0.2) is 54.7 Å². The molecule has 6 nitrogen and oxygen atoms in total. The van der Waals surface area contributed by atoms with Crippen molar-refractivity contribution in [2.75, 3.05) is 6.54 Å². The van der Waals surface area contributed by atoms with Crippen molar-refractivity contribution in [1.82, 2.24) is 15.1 Å². The lowest BCUT2D eigenvalue weighted by atomic mass is 10.1. The summed E-state index contributed by atoms with van der Waals surface area (Å²) in [5.41, 5.74) is 3.16. The third kappa shape index (κ3) is 5.07. The van der Waals surface area contributed by atoms with Crippen molar-refractivity contribution in [2.45, 2.75) is 26.9 Å². The Kier molecular flexibility index (Phi) is 6.07. The van der Waals surface area contributed by atoms with Crippen LogP contribution in [0.2, 0.25) is 0 Å². The van der Waals surface area contributed by atoms with Crippen LogP contribution in [-0.4, -0.2) is 34.3 Å². The third-order valence-corrected chi connectivity index (χ3v) is 4.10. The maximum Gasteiger partial charge on any atom is 0.325 e. The Morgan fingerprint density at radius 1 is 1.17 bits per heavy atom. The fraction of sp³-hybridized carbons (Fsp3) is 0.227. The van der Waals surface area contributed by atoms with Crippen LogP contribution in [0.4, 0.5) is 4.39 Å². The standard InChI is InChI=1S/C22H22FN3O3/c1-14(2)29-20(27)12-24-22(28)19-13-26(18-9-7-17(23)8-10-18)25-21(19)16-6-4-5-15(3)11-16/h4-11,13-14H,12H2,1-3H3,(H,24,28). The number of nitrogens with one attached hydrogen (secondary N) is 1. The SMILES string of the molecule is Cc1cccc(-c2nn(-c3ccc(F)cc3)cc2C(=O)NCC(=O)OC(C)C)c1. The molecule has 150 valence electrons. The summed E-state index contributed by atoms with van der Waals surface area (Å²) in [6.07, 6.45) is 1.30. The Morgan fingerprint density at radius 2 is 1.90 bits per heavy atom. The van der Waals surface area contributed by atoms with Gasteiger partial charge in [0, 0.05) is 11.8 Å². The Labute approximate surface area is 168 Å². The smallest absolute Gasteiger partial charge is 0.325 e. The number of halogens is 1. The van der Waals surface area contributed by atoms with Gasteiger partial charge >= 0.3 is 5.97 Å². The van der Waals surface area contributed by atoms with Gasteiger partial charge in [-0.05, 0) is 51.1 Å². The molecule has 0 aliphatic rings. The van der Waals surface area contributed by atoms with Crippen LogP contribution >= 0.6 is 0 Å². The van der Waals surface area contributed by atoms with Crippen LogP contribution in [0.5, 0.6) is 0 Å². The van der Waals surface area contributed by atoms with E-state index in [2.05, 4.69) is 10.4 Å². The predicted molar refractivity (Wildman–Crippen MR) is 107 cm³/mol. The molecular weight excluding hydrogens is 373 g/mol. The van der Waals surface area contributed by atoms with Crippen LogP contribution in [0.3, 0.4) is 0 Å². The molecule has 1 aromatic heterocycles. The number of aryl methyl sites for hydroxylation is 1. The number of esters is 1. The second kappa shape index (κ2) is 8.68. The first kappa shape index (κ1) is 20.3. The van der Waals surface area contributed by atoms with Crippen molar-refractivity contribution in [1.29, 1.82) is 0 Å². The van der Waals surface area contributed by atoms with Crippen molar-refractivity contribution in [3.63, 3.8) is 0 Å². The average Bonchev–Trinajstić information content (AvgIpc) is 3.12. The van der Waals surface area contributed by atoms with Crippen molar-refractivity contribution in [3.8, 4) is 16.9 Å². The fourth-order valence-electron chi connectivity index (χ4n) is 2.82. The lowest BCUT2D eigenvalue weighted by molar-refractivity contribution is -0.146. The van der Waals surface area contributed by atoms with Crippen LogP contribution in [0, 0.1) is 12.7 Å². The number of carbonyl (C=O) groups is 2. The first-order valence-corrected chi connectivity index (χ1v) is 9.24. The first-order chi connectivity index (χ1) is 13.8. The molecule has 0 atom stereocenters. The molecule has 3 rings (SSSR count). The van der Waals surface area contributed by atoms with E-state index in [-0.39, 0.29) is 18.5 Å². The number of ether oxygens (including phenoxy) is 1. The van der Waals surface area contributed by atoms with Gasteiger partial charge in [0.25, 0.3) is 5.91 Å². The molecule has 3 aromatic rings. The molecule has 1 heterocycles. The highest BCUT2D eigenvalue weighted by Crippen LogP contribution is 2.24. The molecular formula is C22H22FN3O3. The van der Waals surface area contributed by atoms with Gasteiger partial charge in [-0.2, -0.15) is 5.10 Å². The van der Waals surface area contributed by atoms with Crippen molar-refractivity contribution >= 4 is 11.9 Å². The predicted octanol–water partition coefficient (Wildman–Crippen LogP) is 3.67. The van der Waals surface area contributed by atoms with Gasteiger partial charge in [-0.1, -0.05) is 23.8 Å². The highest BCUT2D eigenvalue weighted by Gasteiger charge is 2.20. The number of hydrogen-bond donors (Lipinski definition) is 1. The Balaban J connectivity index is 1.94. The minimum atomic E-state index is -0.517. The van der Waals surface area contributed by atoms with E-state index in [9.17, 15) is 14.0 Å². The summed E-state index contributed by atoms with van der Waals surface area (Å²) in [7, 11) is 0. The zero-order valence-corrected chi connectivity index (χ0v) is 16.5. The number of rotatable bonds is 6. The molecule has 0 saturated carbocycles. The van der Waals surface area contributed by atoms with Crippen molar-refractivity contribution in [3.05, 3.63) is 71.7 Å². The van der Waals surface area contributed by atoms with Gasteiger partial charge in [0.15, 0.2) is 0 Å². The number of aromatic nitrogens is 2. The molecule has 7 heteroatoms. The normalized spacial score (nSPS) is 10.8. The number of carbonyl (C=O) groups excluding carboxylic acids is 2. The lowest BCUT2D eigenvalue weighted by Gasteiger charge is -2.09. The van der Waals surface area contributed by atoms with Gasteiger partial charge in [0.2, 0.25) is 0 Å². The molecule has 1 amide bonds. The maximum absolute atomic E-state index is 13.3. The van der Waals surface area contributed by atoms with Crippen LogP contribution < -0.4 is 5.32 Å². The molecule has 29 heavy (non-hydrogen) atoms. The summed E-state index contributed by atoms with van der Waals surface area (Å²) in [4.78, 5) is 24.5. The quantitative estimate of drug-likeness (QED) is 0.647. The second-order valence-corrected chi connectivity index (χ2v) is 6.90. The van der Waals surface area contributed by atoms with Crippen molar-refractivity contribution < 1.29 is 18.7 Å². The third-order valence-electron chi connectivity index (χ3n) is 4.10. The minimum Gasteiger partial charge on any atom is -0.462 e. The van der Waals surface area contributed by atoms with E-state index in [0.29, 0.717) is 16.9 Å². The summed E-state index contributed by atoms with van der Waals surface area (Å²) < 4.78 is 19.8. The van der Waals surface area contributed by atoms with Gasteiger partial charge in [-0.15, -0.1) is 0 Å². The second-order valence-electron chi connectivity index (χ2n) is 6.90. The van der Waals surface area contributed by atoms with E-state index in [4.69, 9.17) is 4.74 Å². The molecule has 0 radical (unpaired) electrons. The Morgan fingerprint density at radius 3 is 2.55 bits per heavy atom. The summed E-state index contributed by atoms with van der Waals surface area (Å²) in [5.74, 6) is -1.33. The lowest BCUT2D eigenvalue weighted by Crippen LogP contribution is -2.31. The molecule has 0 bridgehead atoms. The van der Waals surface area contributed by atoms with Gasteiger partial charge in [-0.25, -0.2) is 9.07 Å². The van der Waals surface area contributed by atoms with Crippen LogP contribution in [0.1, 0.15) is 29.8 Å². The van der Waals surface area contributed by atoms with Gasteiger partial charge < -0.3 is 10.1 Å². The fourth-order valence-corrected chi connectivity index (χ4v) is 2.82. The van der Waals surface area contributed by atoms with E-state index >= 15 is 0 Å². The van der Waals surface area contributed by atoms with Gasteiger partial charge in [0.05, 0.1) is 17.4 Å². The largest absolute Gasteiger partial charge is 0.462 e. The van der Waals surface area contributed by atoms with Gasteiger partial charge in [-0.3, -0.25) is 9.59 Å². The molecule has 0 spiro atoms. The minimum absolute atomic E-state index is 0.244. The molecule has 1 N–H and O–H groups in total. The van der Waals surface area contributed by atoms with E-state index < -0.39 is 11.9 Å². The zero-order valence-electron chi connectivity index (χ0n) is 16.5. The monoisotopic (exact) mass is 395 g/mol. The van der Waals surface area contributed by atoms with Crippen molar-refractivity contribution in [2.24, 2.45) is 0 Å². The summed E-state index contributed by atoms with van der Waals surface area (Å²) in [6, 6.07) is 13.4. The van der Waals surface area contributed by atoms with E-state index in [1.807, 2.05) is 31.2 Å². The Bertz CT molecular complexity index is 1030. The number of nitrogens with zero attached hydrogens (tertiary/aromatic N) is 2. The molecule has 2 aromatic carbocycles. The molecule has 0 unspecified atom stereocenters. The number of hydrogen-bond acceptors (Lipinski definition) is 4. The topological polar surface area (TPSA) is 73.2 Å². The van der Waals surface area contributed by atoms with E-state index in [1.165, 1.54) is 16.8 Å². The van der Waals surface area contributed by atoms with Crippen LogP contribution in [0.25, 0.3) is 16.9 Å². The average molecular weight is 395 g/mol. The molecule has 0 aliphatic heterocycles. The highest BCUT2D eigenvalue weighted by molar-refractivity contribution is 6.01. The van der Waals surface area contributed by atoms with E-state index in [1.54, 1.807) is 32.2 Å². The first-order valence-electron chi connectivity index (χ1n) is 9.24. The summed E-state index contributed by atoms with van der Waals surface area (Å²) in [5, 5.41) is 7.11. The zero-order chi connectivity index (χ0) is 21.0.